The Morgan fingerprint density at radius 1 is 1.23 bits per heavy atom. The highest BCUT2D eigenvalue weighted by Gasteiger charge is 2.48. The number of para-hydroxylation sites is 1. The summed E-state index contributed by atoms with van der Waals surface area (Å²) in [5, 5.41) is 3.97. The van der Waals surface area contributed by atoms with Crippen molar-refractivity contribution in [3.8, 4) is 5.75 Å². The van der Waals surface area contributed by atoms with Gasteiger partial charge < -0.3 is 10.1 Å². The second-order valence-electron chi connectivity index (χ2n) is 5.83. The van der Waals surface area contributed by atoms with Crippen LogP contribution in [0.4, 0.5) is 10.1 Å². The third kappa shape index (κ3) is 1.96. The molecule has 3 nitrogen and oxygen atoms in total. The normalized spacial score (nSPS) is 26.0. The van der Waals surface area contributed by atoms with Crippen molar-refractivity contribution < 1.29 is 9.13 Å². The van der Waals surface area contributed by atoms with Crippen LogP contribution < -0.4 is 15.0 Å². The standard InChI is InChI=1S/C17H15FN2OS/c1-17-10-14(13-4-2-3-5-15(13)21-17)19-16(22)20(17)12-8-6-11(18)7-9-12/h2-9,14H,10H2,1H3,(H,19,22). The zero-order valence-electron chi connectivity index (χ0n) is 12.0. The van der Waals surface area contributed by atoms with Gasteiger partial charge in [0, 0.05) is 17.7 Å². The van der Waals surface area contributed by atoms with E-state index in [1.54, 1.807) is 12.1 Å². The molecule has 0 spiro atoms. The van der Waals surface area contributed by atoms with Crippen LogP contribution in [-0.4, -0.2) is 10.8 Å². The SMILES string of the molecule is CC12CC(NC(=S)N1c1ccc(F)cc1)c1ccccc1O2. The number of anilines is 1. The first-order valence-electron chi connectivity index (χ1n) is 7.21. The summed E-state index contributed by atoms with van der Waals surface area (Å²) < 4.78 is 19.5. The molecule has 1 N–H and O–H groups in total. The number of hydrogen-bond donors (Lipinski definition) is 1. The molecule has 1 saturated heterocycles. The number of fused-ring (bicyclic) bond motifs is 4. The predicted octanol–water partition coefficient (Wildman–Crippen LogP) is 3.76. The Morgan fingerprint density at radius 2 is 1.95 bits per heavy atom. The van der Waals surface area contributed by atoms with Crippen molar-refractivity contribution in [2.75, 3.05) is 4.90 Å². The van der Waals surface area contributed by atoms with E-state index < -0.39 is 5.72 Å². The Hall–Kier alpha value is -2.14. The summed E-state index contributed by atoms with van der Waals surface area (Å²) in [4.78, 5) is 1.92. The fourth-order valence-electron chi connectivity index (χ4n) is 3.30. The molecule has 0 aliphatic carbocycles. The number of hydrogen-bond acceptors (Lipinski definition) is 2. The molecule has 2 atom stereocenters. The molecule has 2 aromatic carbocycles. The Labute approximate surface area is 133 Å². The maximum Gasteiger partial charge on any atom is 0.188 e. The monoisotopic (exact) mass is 314 g/mol. The van der Waals surface area contributed by atoms with Crippen LogP contribution in [-0.2, 0) is 0 Å². The van der Waals surface area contributed by atoms with E-state index in [0.29, 0.717) is 5.11 Å². The van der Waals surface area contributed by atoms with E-state index in [0.717, 1.165) is 23.4 Å². The lowest BCUT2D eigenvalue weighted by atomic mass is 9.90. The van der Waals surface area contributed by atoms with Gasteiger partial charge in [0.2, 0.25) is 0 Å². The molecule has 2 bridgehead atoms. The first-order valence-corrected chi connectivity index (χ1v) is 7.62. The molecule has 112 valence electrons. The van der Waals surface area contributed by atoms with Gasteiger partial charge in [-0.05, 0) is 49.5 Å². The number of benzene rings is 2. The molecule has 0 aromatic heterocycles. The van der Waals surface area contributed by atoms with E-state index >= 15 is 0 Å². The molecule has 1 fully saturated rings. The summed E-state index contributed by atoms with van der Waals surface area (Å²) in [7, 11) is 0. The van der Waals surface area contributed by atoms with Crippen LogP contribution >= 0.6 is 12.2 Å². The number of nitrogens with one attached hydrogen (secondary N) is 1. The molecule has 2 heterocycles. The number of halogens is 1. The van der Waals surface area contributed by atoms with Crippen molar-refractivity contribution in [1.29, 1.82) is 0 Å². The van der Waals surface area contributed by atoms with Gasteiger partial charge in [0.1, 0.15) is 11.6 Å². The van der Waals surface area contributed by atoms with Crippen LogP contribution in [0.5, 0.6) is 5.75 Å². The maximum absolute atomic E-state index is 13.2. The minimum absolute atomic E-state index is 0.138. The summed E-state index contributed by atoms with van der Waals surface area (Å²) >= 11 is 5.54. The Bertz CT molecular complexity index is 749. The molecule has 0 radical (unpaired) electrons. The summed E-state index contributed by atoms with van der Waals surface area (Å²) in [6.45, 7) is 2.02. The van der Waals surface area contributed by atoms with Gasteiger partial charge in [-0.2, -0.15) is 0 Å². The van der Waals surface area contributed by atoms with Crippen molar-refractivity contribution in [2.45, 2.75) is 25.1 Å². The minimum atomic E-state index is -0.584. The molecular weight excluding hydrogens is 299 g/mol. The highest BCUT2D eigenvalue weighted by molar-refractivity contribution is 7.80. The lowest BCUT2D eigenvalue weighted by molar-refractivity contribution is 0.0497. The van der Waals surface area contributed by atoms with Gasteiger partial charge in [0.05, 0.1) is 6.04 Å². The lowest BCUT2D eigenvalue weighted by Crippen LogP contribution is -2.65. The van der Waals surface area contributed by atoms with Crippen LogP contribution in [0.15, 0.2) is 48.5 Å². The van der Waals surface area contributed by atoms with Crippen LogP contribution in [0.25, 0.3) is 0 Å². The highest BCUT2D eigenvalue weighted by Crippen LogP contribution is 2.45. The highest BCUT2D eigenvalue weighted by atomic mass is 32.1. The Kier molecular flexibility index (Phi) is 2.87. The van der Waals surface area contributed by atoms with Gasteiger partial charge in [0.15, 0.2) is 10.8 Å². The van der Waals surface area contributed by atoms with Gasteiger partial charge in [-0.3, -0.25) is 4.90 Å². The van der Waals surface area contributed by atoms with E-state index in [2.05, 4.69) is 11.4 Å². The third-order valence-electron chi connectivity index (χ3n) is 4.27. The summed E-state index contributed by atoms with van der Waals surface area (Å²) in [6.07, 6.45) is 0.765. The first-order chi connectivity index (χ1) is 10.6. The fourth-order valence-corrected chi connectivity index (χ4v) is 3.74. The molecule has 4 rings (SSSR count). The number of thiocarbonyl (C=S) groups is 1. The van der Waals surface area contributed by atoms with Crippen LogP contribution in [0.2, 0.25) is 0 Å². The van der Waals surface area contributed by atoms with Crippen LogP contribution in [0.1, 0.15) is 24.9 Å². The maximum atomic E-state index is 13.2. The van der Waals surface area contributed by atoms with Crippen LogP contribution in [0.3, 0.4) is 0 Å². The van der Waals surface area contributed by atoms with Gasteiger partial charge in [-0.25, -0.2) is 4.39 Å². The second kappa shape index (κ2) is 4.68. The van der Waals surface area contributed by atoms with E-state index in [1.807, 2.05) is 30.0 Å². The van der Waals surface area contributed by atoms with Crippen molar-refractivity contribution >= 4 is 23.0 Å². The van der Waals surface area contributed by atoms with Crippen molar-refractivity contribution in [3.05, 3.63) is 59.9 Å². The number of rotatable bonds is 1. The molecule has 2 aliphatic rings. The summed E-state index contributed by atoms with van der Waals surface area (Å²) in [5.74, 6) is 0.598. The zero-order chi connectivity index (χ0) is 15.3. The third-order valence-corrected chi connectivity index (χ3v) is 4.57. The minimum Gasteiger partial charge on any atom is -0.467 e. The summed E-state index contributed by atoms with van der Waals surface area (Å²) in [6, 6.07) is 14.4. The molecule has 2 aromatic rings. The molecular formula is C17H15FN2OS. The van der Waals surface area contributed by atoms with E-state index in [-0.39, 0.29) is 11.9 Å². The Morgan fingerprint density at radius 3 is 2.73 bits per heavy atom. The smallest absolute Gasteiger partial charge is 0.188 e. The van der Waals surface area contributed by atoms with Crippen LogP contribution in [0, 0.1) is 5.82 Å². The second-order valence-corrected chi connectivity index (χ2v) is 6.22. The van der Waals surface area contributed by atoms with Gasteiger partial charge in [-0.1, -0.05) is 18.2 Å². The molecule has 0 amide bonds. The van der Waals surface area contributed by atoms with Gasteiger partial charge in [-0.15, -0.1) is 0 Å². The summed E-state index contributed by atoms with van der Waals surface area (Å²) in [5.41, 5.74) is 1.36. The van der Waals surface area contributed by atoms with E-state index in [9.17, 15) is 4.39 Å². The van der Waals surface area contributed by atoms with E-state index in [4.69, 9.17) is 17.0 Å². The fraction of sp³-hybridized carbons (Fsp3) is 0.235. The average molecular weight is 314 g/mol. The number of ether oxygens (including phenoxy) is 1. The largest absolute Gasteiger partial charge is 0.467 e. The first kappa shape index (κ1) is 13.5. The molecule has 5 heteroatoms. The zero-order valence-corrected chi connectivity index (χ0v) is 12.9. The lowest BCUT2D eigenvalue weighted by Gasteiger charge is -2.52. The van der Waals surface area contributed by atoms with Crippen molar-refractivity contribution in [2.24, 2.45) is 0 Å². The van der Waals surface area contributed by atoms with Gasteiger partial charge in [0.25, 0.3) is 0 Å². The molecule has 0 saturated carbocycles. The topological polar surface area (TPSA) is 24.5 Å². The molecule has 2 aliphatic heterocycles. The Balaban J connectivity index is 1.80. The van der Waals surface area contributed by atoms with Crippen molar-refractivity contribution in [1.82, 2.24) is 5.32 Å². The number of nitrogens with zero attached hydrogens (tertiary/aromatic N) is 1. The molecule has 2 unspecified atom stereocenters. The van der Waals surface area contributed by atoms with Crippen molar-refractivity contribution in [3.63, 3.8) is 0 Å². The van der Waals surface area contributed by atoms with Gasteiger partial charge >= 0.3 is 0 Å². The predicted molar refractivity (Wildman–Crippen MR) is 87.4 cm³/mol. The quantitative estimate of drug-likeness (QED) is 0.810. The van der Waals surface area contributed by atoms with E-state index in [1.165, 1.54) is 12.1 Å². The molecule has 22 heavy (non-hydrogen) atoms. The average Bonchev–Trinajstić information content (AvgIpc) is 2.48.